The number of rotatable bonds is 4. The summed E-state index contributed by atoms with van der Waals surface area (Å²) in [6.07, 6.45) is 0.904. The maximum atomic E-state index is 11.3. The highest BCUT2D eigenvalue weighted by molar-refractivity contribution is 5.77. The number of nitro groups is 1. The number of anilines is 2. The van der Waals surface area contributed by atoms with Gasteiger partial charge < -0.3 is 15.0 Å². The quantitative estimate of drug-likeness (QED) is 0.668. The van der Waals surface area contributed by atoms with E-state index in [0.29, 0.717) is 31.1 Å². The average Bonchev–Trinajstić information content (AvgIpc) is 2.46. The van der Waals surface area contributed by atoms with Crippen molar-refractivity contribution < 1.29 is 9.66 Å². The van der Waals surface area contributed by atoms with Crippen molar-refractivity contribution >= 4 is 17.1 Å². The Bertz CT molecular complexity index is 464. The molecule has 0 amide bonds. The van der Waals surface area contributed by atoms with Gasteiger partial charge in [0.1, 0.15) is 11.4 Å². The summed E-state index contributed by atoms with van der Waals surface area (Å²) in [5.41, 5.74) is 1.36. The average molecular weight is 265 g/mol. The largest absolute Gasteiger partial charge is 0.382 e. The summed E-state index contributed by atoms with van der Waals surface area (Å²) in [6, 6.07) is 5.58. The first kappa shape index (κ1) is 13.6. The summed E-state index contributed by atoms with van der Waals surface area (Å²) in [7, 11) is 1.70. The summed E-state index contributed by atoms with van der Waals surface area (Å²) in [6.45, 7) is 3.99. The maximum Gasteiger partial charge on any atom is 0.315 e. The molecule has 6 nitrogen and oxygen atoms in total. The summed E-state index contributed by atoms with van der Waals surface area (Å²) >= 11 is 0. The highest BCUT2D eigenvalue weighted by Crippen LogP contribution is 2.37. The van der Waals surface area contributed by atoms with Gasteiger partial charge in [-0.15, -0.1) is 0 Å². The lowest BCUT2D eigenvalue weighted by molar-refractivity contribution is -0.383. The van der Waals surface area contributed by atoms with Crippen molar-refractivity contribution in [2.24, 2.45) is 0 Å². The van der Waals surface area contributed by atoms with Gasteiger partial charge in [0.25, 0.3) is 0 Å². The van der Waals surface area contributed by atoms with Crippen LogP contribution in [0.15, 0.2) is 18.2 Å². The summed E-state index contributed by atoms with van der Waals surface area (Å²) in [5, 5.41) is 14.2. The lowest BCUT2D eigenvalue weighted by Crippen LogP contribution is -2.45. The van der Waals surface area contributed by atoms with Crippen molar-refractivity contribution in [1.82, 2.24) is 0 Å². The molecular weight excluding hydrogens is 246 g/mol. The van der Waals surface area contributed by atoms with Crippen molar-refractivity contribution in [2.45, 2.75) is 19.4 Å². The molecule has 1 atom stereocenters. The molecule has 0 bridgehead atoms. The number of hydrogen-bond donors (Lipinski definition) is 1. The molecule has 1 saturated heterocycles. The molecule has 1 aromatic carbocycles. The van der Waals surface area contributed by atoms with Crippen LogP contribution in [0.3, 0.4) is 0 Å². The lowest BCUT2D eigenvalue weighted by atomic mass is 10.1. The molecule has 0 spiro atoms. The second-order valence-electron chi connectivity index (χ2n) is 4.51. The van der Waals surface area contributed by atoms with Crippen LogP contribution < -0.4 is 10.2 Å². The van der Waals surface area contributed by atoms with Crippen LogP contribution in [0.1, 0.15) is 13.3 Å². The second kappa shape index (κ2) is 5.88. The van der Waals surface area contributed by atoms with Gasteiger partial charge in [0.2, 0.25) is 0 Å². The van der Waals surface area contributed by atoms with Crippen LogP contribution >= 0.6 is 0 Å². The molecule has 1 aliphatic heterocycles. The zero-order valence-corrected chi connectivity index (χ0v) is 11.3. The molecule has 0 radical (unpaired) electrons. The number of nitrogens with one attached hydrogen (secondary N) is 1. The number of nitro benzene ring substituents is 1. The fourth-order valence-electron chi connectivity index (χ4n) is 2.47. The van der Waals surface area contributed by atoms with Gasteiger partial charge in [-0.05, 0) is 18.6 Å². The van der Waals surface area contributed by atoms with Crippen molar-refractivity contribution in [2.75, 3.05) is 37.0 Å². The van der Waals surface area contributed by atoms with Crippen molar-refractivity contribution in [3.05, 3.63) is 28.3 Å². The minimum absolute atomic E-state index is 0.144. The predicted octanol–water partition coefficient (Wildman–Crippen LogP) is 2.25. The van der Waals surface area contributed by atoms with Gasteiger partial charge in [0, 0.05) is 13.6 Å². The molecule has 1 fully saturated rings. The van der Waals surface area contributed by atoms with Crippen LogP contribution in [-0.2, 0) is 4.74 Å². The van der Waals surface area contributed by atoms with E-state index in [0.717, 1.165) is 6.42 Å². The molecule has 19 heavy (non-hydrogen) atoms. The molecule has 1 heterocycles. The minimum Gasteiger partial charge on any atom is -0.382 e. The van der Waals surface area contributed by atoms with Gasteiger partial charge in [-0.3, -0.25) is 10.1 Å². The fourth-order valence-corrected chi connectivity index (χ4v) is 2.47. The number of ether oxygens (including phenoxy) is 1. The number of morpholine rings is 1. The van der Waals surface area contributed by atoms with Crippen LogP contribution in [-0.4, -0.2) is 37.8 Å². The lowest BCUT2D eigenvalue weighted by Gasteiger charge is -2.36. The molecule has 0 saturated carbocycles. The predicted molar refractivity (Wildman–Crippen MR) is 74.9 cm³/mol. The van der Waals surface area contributed by atoms with E-state index < -0.39 is 0 Å². The SMILES string of the molecule is CCC1COCCN1c1cccc(NC)c1[N+](=O)[O-]. The number of benzene rings is 1. The first-order valence-electron chi connectivity index (χ1n) is 6.48. The first-order valence-corrected chi connectivity index (χ1v) is 6.48. The fraction of sp³-hybridized carbons (Fsp3) is 0.538. The van der Waals surface area contributed by atoms with Crippen LogP contribution in [0.25, 0.3) is 0 Å². The van der Waals surface area contributed by atoms with Gasteiger partial charge in [-0.1, -0.05) is 13.0 Å². The highest BCUT2D eigenvalue weighted by atomic mass is 16.6. The van der Waals surface area contributed by atoms with E-state index in [2.05, 4.69) is 17.1 Å². The Morgan fingerprint density at radius 2 is 2.37 bits per heavy atom. The Hall–Kier alpha value is -1.82. The number of para-hydroxylation sites is 1. The Kier molecular flexibility index (Phi) is 4.21. The van der Waals surface area contributed by atoms with E-state index in [4.69, 9.17) is 4.74 Å². The summed E-state index contributed by atoms with van der Waals surface area (Å²) < 4.78 is 5.45. The van der Waals surface area contributed by atoms with Gasteiger partial charge in [-0.2, -0.15) is 0 Å². The van der Waals surface area contributed by atoms with Crippen molar-refractivity contribution in [3.63, 3.8) is 0 Å². The molecule has 104 valence electrons. The molecule has 2 rings (SSSR count). The molecule has 1 unspecified atom stereocenters. The molecule has 1 aliphatic rings. The monoisotopic (exact) mass is 265 g/mol. The van der Waals surface area contributed by atoms with Crippen molar-refractivity contribution in [1.29, 1.82) is 0 Å². The van der Waals surface area contributed by atoms with E-state index in [1.807, 2.05) is 12.1 Å². The first-order chi connectivity index (χ1) is 9.19. The standard InChI is InChI=1S/C13H19N3O3/c1-3-10-9-19-8-7-15(10)12-6-4-5-11(14-2)13(12)16(17)18/h4-6,10,14H,3,7-9H2,1-2H3. The van der Waals surface area contributed by atoms with Gasteiger partial charge in [-0.25, -0.2) is 0 Å². The molecule has 0 aliphatic carbocycles. The Labute approximate surface area is 112 Å². The normalized spacial score (nSPS) is 19.3. The third-order valence-electron chi connectivity index (χ3n) is 3.47. The minimum atomic E-state index is -0.316. The highest BCUT2D eigenvalue weighted by Gasteiger charge is 2.29. The zero-order chi connectivity index (χ0) is 13.8. The zero-order valence-electron chi connectivity index (χ0n) is 11.3. The molecule has 6 heteroatoms. The van der Waals surface area contributed by atoms with Crippen LogP contribution in [0.5, 0.6) is 0 Å². The summed E-state index contributed by atoms with van der Waals surface area (Å²) in [5.74, 6) is 0. The molecular formula is C13H19N3O3. The molecule has 0 aromatic heterocycles. The number of hydrogen-bond acceptors (Lipinski definition) is 5. The third-order valence-corrected chi connectivity index (χ3v) is 3.47. The van der Waals surface area contributed by atoms with Gasteiger partial charge >= 0.3 is 5.69 Å². The van der Waals surface area contributed by atoms with E-state index in [-0.39, 0.29) is 16.7 Å². The van der Waals surface area contributed by atoms with Crippen LogP contribution in [0.4, 0.5) is 17.1 Å². The van der Waals surface area contributed by atoms with E-state index in [1.165, 1.54) is 0 Å². The van der Waals surface area contributed by atoms with Crippen LogP contribution in [0, 0.1) is 10.1 Å². The van der Waals surface area contributed by atoms with E-state index >= 15 is 0 Å². The number of nitrogens with zero attached hydrogens (tertiary/aromatic N) is 2. The Morgan fingerprint density at radius 1 is 1.58 bits per heavy atom. The van der Waals surface area contributed by atoms with E-state index in [9.17, 15) is 10.1 Å². The van der Waals surface area contributed by atoms with Crippen LogP contribution in [0.2, 0.25) is 0 Å². The smallest absolute Gasteiger partial charge is 0.315 e. The van der Waals surface area contributed by atoms with Gasteiger partial charge in [0.15, 0.2) is 0 Å². The van der Waals surface area contributed by atoms with E-state index in [1.54, 1.807) is 13.1 Å². The second-order valence-corrected chi connectivity index (χ2v) is 4.51. The Balaban J connectivity index is 2.45. The third kappa shape index (κ3) is 2.63. The Morgan fingerprint density at radius 3 is 3.00 bits per heavy atom. The summed E-state index contributed by atoms with van der Waals surface area (Å²) in [4.78, 5) is 13.1. The molecule has 1 aromatic rings. The van der Waals surface area contributed by atoms with Gasteiger partial charge in [0.05, 0.1) is 24.2 Å². The topological polar surface area (TPSA) is 67.6 Å². The molecule has 1 N–H and O–H groups in total. The maximum absolute atomic E-state index is 11.3. The van der Waals surface area contributed by atoms with Crippen molar-refractivity contribution in [3.8, 4) is 0 Å².